The zero-order valence-electron chi connectivity index (χ0n) is 11.3. The number of nitrogens with zero attached hydrogens (tertiary/aromatic N) is 3. The van der Waals surface area contributed by atoms with E-state index in [4.69, 9.17) is 5.73 Å². The molecule has 0 aliphatic heterocycles. The number of aromatic nitrogens is 3. The first-order valence-electron chi connectivity index (χ1n) is 6.40. The second-order valence-corrected chi connectivity index (χ2v) is 5.13. The van der Waals surface area contributed by atoms with E-state index in [9.17, 15) is 0 Å². The van der Waals surface area contributed by atoms with Crippen molar-refractivity contribution in [3.05, 3.63) is 35.7 Å². The van der Waals surface area contributed by atoms with Gasteiger partial charge < -0.3 is 5.73 Å². The summed E-state index contributed by atoms with van der Waals surface area (Å²) in [6.07, 6.45) is 0. The first kappa shape index (κ1) is 11.8. The van der Waals surface area contributed by atoms with E-state index < -0.39 is 0 Å². The molecule has 3 rings (SSSR count). The topological polar surface area (TPSA) is 64.7 Å². The van der Waals surface area contributed by atoms with Crippen molar-refractivity contribution in [1.29, 1.82) is 0 Å². The van der Waals surface area contributed by atoms with Crippen LogP contribution in [0.1, 0.15) is 31.2 Å². The molecule has 2 heterocycles. The summed E-state index contributed by atoms with van der Waals surface area (Å²) in [7, 11) is 0. The van der Waals surface area contributed by atoms with Crippen molar-refractivity contribution < 1.29 is 0 Å². The van der Waals surface area contributed by atoms with Crippen LogP contribution in [0.4, 0.5) is 5.82 Å². The monoisotopic (exact) mass is 252 g/mol. The van der Waals surface area contributed by atoms with E-state index in [0.29, 0.717) is 11.5 Å². The van der Waals surface area contributed by atoms with Gasteiger partial charge in [0.2, 0.25) is 0 Å². The minimum atomic E-state index is 0.237. The Kier molecular flexibility index (Phi) is 2.59. The second kappa shape index (κ2) is 4.16. The van der Waals surface area contributed by atoms with Crippen LogP contribution in [-0.2, 0) is 0 Å². The number of para-hydroxylation sites is 1. The van der Waals surface area contributed by atoms with Crippen LogP contribution in [0.25, 0.3) is 21.9 Å². The van der Waals surface area contributed by atoms with Gasteiger partial charge in [0.15, 0.2) is 5.65 Å². The zero-order valence-corrected chi connectivity index (χ0v) is 11.3. The van der Waals surface area contributed by atoms with Gasteiger partial charge in [-0.15, -0.1) is 0 Å². The average molecular weight is 252 g/mol. The van der Waals surface area contributed by atoms with Gasteiger partial charge in [-0.05, 0) is 18.6 Å². The number of anilines is 1. The van der Waals surface area contributed by atoms with Crippen LogP contribution in [0.5, 0.6) is 0 Å². The molecule has 2 N–H and O–H groups in total. The minimum absolute atomic E-state index is 0.237. The largest absolute Gasteiger partial charge is 0.383 e. The Morgan fingerprint density at radius 1 is 1.11 bits per heavy atom. The summed E-state index contributed by atoms with van der Waals surface area (Å²) in [5.74, 6) is 1.48. The lowest BCUT2D eigenvalue weighted by Crippen LogP contribution is -2.04. The molecule has 0 radical (unpaired) electrons. The Balaban J connectivity index is 2.42. The van der Waals surface area contributed by atoms with Crippen molar-refractivity contribution in [2.45, 2.75) is 26.7 Å². The van der Waals surface area contributed by atoms with E-state index in [1.165, 1.54) is 0 Å². The van der Waals surface area contributed by atoms with E-state index in [0.717, 1.165) is 27.7 Å². The van der Waals surface area contributed by atoms with E-state index in [2.05, 4.69) is 27.9 Å². The molecule has 0 bridgehead atoms. The maximum absolute atomic E-state index is 6.03. The fraction of sp³-hybridized carbons (Fsp3) is 0.267. The van der Waals surface area contributed by atoms with Gasteiger partial charge in [-0.2, -0.15) is 0 Å². The minimum Gasteiger partial charge on any atom is -0.383 e. The summed E-state index contributed by atoms with van der Waals surface area (Å²) < 4.78 is 0. The van der Waals surface area contributed by atoms with Crippen LogP contribution >= 0.6 is 0 Å². The van der Waals surface area contributed by atoms with Crippen LogP contribution < -0.4 is 5.73 Å². The van der Waals surface area contributed by atoms with Crippen LogP contribution in [0.15, 0.2) is 24.3 Å². The van der Waals surface area contributed by atoms with Crippen molar-refractivity contribution in [2.24, 2.45) is 0 Å². The molecule has 0 saturated carbocycles. The van der Waals surface area contributed by atoms with Crippen molar-refractivity contribution in [3.63, 3.8) is 0 Å². The van der Waals surface area contributed by atoms with Gasteiger partial charge in [-0.25, -0.2) is 15.0 Å². The molecular weight excluding hydrogens is 236 g/mol. The number of fused-ring (bicyclic) bond motifs is 2. The molecular formula is C15H16N4. The van der Waals surface area contributed by atoms with Gasteiger partial charge in [-0.3, -0.25) is 0 Å². The van der Waals surface area contributed by atoms with Gasteiger partial charge in [0.1, 0.15) is 11.6 Å². The Hall–Kier alpha value is -2.23. The number of benzene rings is 1. The number of nitrogens with two attached hydrogens (primary N) is 1. The molecule has 1 aromatic carbocycles. The number of rotatable bonds is 1. The van der Waals surface area contributed by atoms with Crippen LogP contribution in [0.3, 0.4) is 0 Å². The summed E-state index contributed by atoms with van der Waals surface area (Å²) in [4.78, 5) is 13.5. The molecule has 96 valence electrons. The van der Waals surface area contributed by atoms with Gasteiger partial charge in [0.25, 0.3) is 0 Å². The molecule has 0 aliphatic carbocycles. The number of nitrogen functional groups attached to an aromatic ring is 1. The maximum Gasteiger partial charge on any atom is 0.165 e. The van der Waals surface area contributed by atoms with E-state index in [-0.39, 0.29) is 5.92 Å². The summed E-state index contributed by atoms with van der Waals surface area (Å²) in [5.41, 5.74) is 8.83. The summed E-state index contributed by atoms with van der Waals surface area (Å²) in [5, 5.41) is 1.89. The average Bonchev–Trinajstić information content (AvgIpc) is 2.38. The molecule has 0 aliphatic rings. The SMILES string of the molecule is Cc1cccc2cc3c(N)nc(C(C)C)nc3nc12. The Morgan fingerprint density at radius 3 is 2.63 bits per heavy atom. The maximum atomic E-state index is 6.03. The molecule has 0 atom stereocenters. The second-order valence-electron chi connectivity index (χ2n) is 5.13. The molecule has 0 spiro atoms. The Bertz CT molecular complexity index is 778. The van der Waals surface area contributed by atoms with E-state index in [1.54, 1.807) is 0 Å². The molecule has 0 unspecified atom stereocenters. The third kappa shape index (κ3) is 1.89. The highest BCUT2D eigenvalue weighted by Crippen LogP contribution is 2.25. The predicted octanol–water partition coefficient (Wildman–Crippen LogP) is 3.19. The molecule has 19 heavy (non-hydrogen) atoms. The lowest BCUT2D eigenvalue weighted by atomic mass is 10.1. The lowest BCUT2D eigenvalue weighted by molar-refractivity contribution is 0.783. The highest BCUT2D eigenvalue weighted by molar-refractivity contribution is 5.96. The van der Waals surface area contributed by atoms with Crippen molar-refractivity contribution in [3.8, 4) is 0 Å². The number of aryl methyl sites for hydroxylation is 1. The van der Waals surface area contributed by atoms with Crippen LogP contribution in [-0.4, -0.2) is 15.0 Å². The highest BCUT2D eigenvalue weighted by Gasteiger charge is 2.11. The van der Waals surface area contributed by atoms with Crippen molar-refractivity contribution in [2.75, 3.05) is 5.73 Å². The standard InChI is InChI=1S/C15H16N4/c1-8(2)14-18-13(16)11-7-10-6-4-5-9(3)12(10)17-15(11)19-14/h4-8H,1-3H3,(H2,16,17,18,19). The summed E-state index contributed by atoms with van der Waals surface area (Å²) in [6, 6.07) is 8.12. The normalized spacial score (nSPS) is 11.6. The van der Waals surface area contributed by atoms with Gasteiger partial charge in [-0.1, -0.05) is 32.0 Å². The molecule has 2 aromatic heterocycles. The lowest BCUT2D eigenvalue weighted by Gasteiger charge is -2.09. The van der Waals surface area contributed by atoms with Crippen molar-refractivity contribution in [1.82, 2.24) is 15.0 Å². The fourth-order valence-corrected chi connectivity index (χ4v) is 2.19. The Morgan fingerprint density at radius 2 is 1.89 bits per heavy atom. The number of hydrogen-bond acceptors (Lipinski definition) is 4. The van der Waals surface area contributed by atoms with Gasteiger partial charge in [0.05, 0.1) is 10.9 Å². The first-order valence-corrected chi connectivity index (χ1v) is 6.40. The molecule has 0 saturated heterocycles. The van der Waals surface area contributed by atoms with Crippen LogP contribution in [0, 0.1) is 6.92 Å². The highest BCUT2D eigenvalue weighted by atomic mass is 15.0. The smallest absolute Gasteiger partial charge is 0.165 e. The molecule has 3 aromatic rings. The third-order valence-electron chi connectivity index (χ3n) is 3.28. The quantitative estimate of drug-likeness (QED) is 0.675. The van der Waals surface area contributed by atoms with Gasteiger partial charge in [0, 0.05) is 11.3 Å². The van der Waals surface area contributed by atoms with E-state index in [1.807, 2.05) is 32.0 Å². The zero-order chi connectivity index (χ0) is 13.6. The fourth-order valence-electron chi connectivity index (χ4n) is 2.19. The van der Waals surface area contributed by atoms with E-state index >= 15 is 0 Å². The molecule has 0 amide bonds. The molecule has 4 heteroatoms. The number of pyridine rings is 1. The third-order valence-corrected chi connectivity index (χ3v) is 3.28. The summed E-state index contributed by atoms with van der Waals surface area (Å²) in [6.45, 7) is 6.15. The number of hydrogen-bond donors (Lipinski definition) is 1. The predicted molar refractivity (Wildman–Crippen MR) is 78.1 cm³/mol. The summed E-state index contributed by atoms with van der Waals surface area (Å²) >= 11 is 0. The Labute approximate surface area is 111 Å². The van der Waals surface area contributed by atoms with Crippen molar-refractivity contribution >= 4 is 27.8 Å². The van der Waals surface area contributed by atoms with Crippen LogP contribution in [0.2, 0.25) is 0 Å². The van der Waals surface area contributed by atoms with Gasteiger partial charge >= 0.3 is 0 Å². The molecule has 0 fully saturated rings. The molecule has 4 nitrogen and oxygen atoms in total. The first-order chi connectivity index (χ1) is 9.06.